The minimum atomic E-state index is -0.341. The molecule has 0 aliphatic heterocycles. The Kier molecular flexibility index (Phi) is 3.42. The second kappa shape index (κ2) is 5.54. The van der Waals surface area contributed by atoms with E-state index in [2.05, 4.69) is 20.5 Å². The molecule has 108 valence electrons. The van der Waals surface area contributed by atoms with Crippen molar-refractivity contribution in [1.82, 2.24) is 15.2 Å². The number of benzene rings is 1. The number of H-pyrrole nitrogens is 1. The van der Waals surface area contributed by atoms with Crippen LogP contribution >= 0.6 is 0 Å². The summed E-state index contributed by atoms with van der Waals surface area (Å²) in [6, 6.07) is 8.85. The van der Waals surface area contributed by atoms with E-state index in [1.807, 2.05) is 6.07 Å². The zero-order valence-corrected chi connectivity index (χ0v) is 11.6. The highest BCUT2D eigenvalue weighted by molar-refractivity contribution is 6.04. The average Bonchev–Trinajstić information content (AvgIpc) is 3.18. The largest absolute Gasteiger partial charge is 0.444 e. The zero-order chi connectivity index (χ0) is 15.5. The topological polar surface area (TPSA) is 108 Å². The molecule has 0 unspecified atom stereocenters. The van der Waals surface area contributed by atoms with Gasteiger partial charge in [0.2, 0.25) is 0 Å². The summed E-state index contributed by atoms with van der Waals surface area (Å²) in [7, 11) is 0. The first kappa shape index (κ1) is 13.6. The van der Waals surface area contributed by atoms with E-state index in [0.29, 0.717) is 22.6 Å². The van der Waals surface area contributed by atoms with Crippen LogP contribution in [0.2, 0.25) is 0 Å². The molecule has 1 aromatic carbocycles. The summed E-state index contributed by atoms with van der Waals surface area (Å²) in [6.07, 6.45) is 2.94. The van der Waals surface area contributed by atoms with Crippen LogP contribution in [-0.2, 0) is 0 Å². The molecule has 2 heterocycles. The van der Waals surface area contributed by atoms with Gasteiger partial charge in [0.1, 0.15) is 11.6 Å². The number of carbonyl (C=O) groups is 1. The van der Waals surface area contributed by atoms with Gasteiger partial charge in [0.05, 0.1) is 11.9 Å². The van der Waals surface area contributed by atoms with Gasteiger partial charge in [-0.05, 0) is 19.1 Å². The van der Waals surface area contributed by atoms with Gasteiger partial charge in [0, 0.05) is 11.1 Å². The van der Waals surface area contributed by atoms with Crippen molar-refractivity contribution in [2.45, 2.75) is 6.92 Å². The highest BCUT2D eigenvalue weighted by Crippen LogP contribution is 2.20. The third kappa shape index (κ3) is 2.45. The minimum absolute atomic E-state index is 0.226. The van der Waals surface area contributed by atoms with Crippen molar-refractivity contribution in [2.75, 3.05) is 5.32 Å². The van der Waals surface area contributed by atoms with Gasteiger partial charge < -0.3 is 9.73 Å². The Bertz CT molecular complexity index is 841. The van der Waals surface area contributed by atoms with E-state index < -0.39 is 0 Å². The van der Waals surface area contributed by atoms with E-state index in [4.69, 9.17) is 9.68 Å². The summed E-state index contributed by atoms with van der Waals surface area (Å²) in [6.45, 7) is 1.72. The zero-order valence-electron chi connectivity index (χ0n) is 11.6. The van der Waals surface area contributed by atoms with E-state index in [0.717, 1.165) is 5.56 Å². The molecule has 2 aromatic heterocycles. The summed E-state index contributed by atoms with van der Waals surface area (Å²) < 4.78 is 5.19. The maximum absolute atomic E-state index is 12.2. The molecule has 1 amide bonds. The fourth-order valence-electron chi connectivity index (χ4n) is 1.98. The second-order valence-corrected chi connectivity index (χ2v) is 4.58. The van der Waals surface area contributed by atoms with Crippen molar-refractivity contribution in [1.29, 1.82) is 5.26 Å². The fourth-order valence-corrected chi connectivity index (χ4v) is 1.98. The van der Waals surface area contributed by atoms with E-state index >= 15 is 0 Å². The lowest BCUT2D eigenvalue weighted by Crippen LogP contribution is -2.13. The molecule has 3 rings (SSSR count). The van der Waals surface area contributed by atoms with E-state index in [9.17, 15) is 4.79 Å². The van der Waals surface area contributed by atoms with Gasteiger partial charge in [-0.25, -0.2) is 4.98 Å². The molecule has 22 heavy (non-hydrogen) atoms. The molecule has 2 N–H and O–H groups in total. The number of nitriles is 1. The average molecular weight is 293 g/mol. The number of carbonyl (C=O) groups excluding carboxylic acids is 1. The van der Waals surface area contributed by atoms with Crippen molar-refractivity contribution in [3.63, 3.8) is 0 Å². The van der Waals surface area contributed by atoms with E-state index in [-0.39, 0.29) is 11.7 Å². The number of amides is 1. The Labute approximate surface area is 125 Å². The molecule has 7 nitrogen and oxygen atoms in total. The number of nitrogens with zero attached hydrogens (tertiary/aromatic N) is 3. The number of aryl methyl sites for hydroxylation is 1. The van der Waals surface area contributed by atoms with Crippen LogP contribution in [0, 0.1) is 18.3 Å². The number of nitrogens with one attached hydrogen (secondary N) is 2. The number of aromatic nitrogens is 3. The maximum atomic E-state index is 12.2. The van der Waals surface area contributed by atoms with Crippen LogP contribution in [0.4, 0.5) is 5.82 Å². The van der Waals surface area contributed by atoms with E-state index in [1.165, 1.54) is 6.39 Å². The van der Waals surface area contributed by atoms with Gasteiger partial charge >= 0.3 is 0 Å². The molecular weight excluding hydrogens is 282 g/mol. The van der Waals surface area contributed by atoms with Crippen LogP contribution in [0.5, 0.6) is 0 Å². The third-order valence-corrected chi connectivity index (χ3v) is 3.15. The summed E-state index contributed by atoms with van der Waals surface area (Å²) in [4.78, 5) is 16.0. The van der Waals surface area contributed by atoms with Crippen LogP contribution in [0.25, 0.3) is 11.3 Å². The van der Waals surface area contributed by atoms with Gasteiger partial charge in [0.15, 0.2) is 18.0 Å². The van der Waals surface area contributed by atoms with Gasteiger partial charge in [-0.15, -0.1) is 0 Å². The lowest BCUT2D eigenvalue weighted by Gasteiger charge is -2.03. The normalized spacial score (nSPS) is 10.2. The summed E-state index contributed by atoms with van der Waals surface area (Å²) in [5.41, 5.74) is 2.21. The molecule has 0 bridgehead atoms. The van der Waals surface area contributed by atoms with Crippen molar-refractivity contribution < 1.29 is 9.21 Å². The summed E-state index contributed by atoms with van der Waals surface area (Å²) in [5, 5.41) is 18.2. The first-order valence-corrected chi connectivity index (χ1v) is 6.44. The smallest absolute Gasteiger partial charge is 0.256 e. The predicted octanol–water partition coefficient (Wildman–Crippen LogP) is 2.50. The number of anilines is 1. The van der Waals surface area contributed by atoms with Crippen LogP contribution in [0.1, 0.15) is 21.6 Å². The summed E-state index contributed by atoms with van der Waals surface area (Å²) >= 11 is 0. The van der Waals surface area contributed by atoms with Crippen molar-refractivity contribution in [2.24, 2.45) is 0 Å². The quantitative estimate of drug-likeness (QED) is 0.771. The number of hydrogen-bond donors (Lipinski definition) is 2. The first-order valence-electron chi connectivity index (χ1n) is 6.44. The van der Waals surface area contributed by atoms with Crippen molar-refractivity contribution in [3.8, 4) is 17.4 Å². The van der Waals surface area contributed by atoms with Crippen LogP contribution in [0.15, 0.2) is 41.3 Å². The minimum Gasteiger partial charge on any atom is -0.444 e. The molecule has 0 saturated heterocycles. The highest BCUT2D eigenvalue weighted by Gasteiger charge is 2.14. The predicted molar refractivity (Wildman–Crippen MR) is 77.9 cm³/mol. The third-order valence-electron chi connectivity index (χ3n) is 3.15. The number of hydrogen-bond acceptors (Lipinski definition) is 5. The highest BCUT2D eigenvalue weighted by atomic mass is 16.3. The maximum Gasteiger partial charge on any atom is 0.256 e. The fraction of sp³-hybridized carbons (Fsp3) is 0.0667. The molecule has 7 heteroatoms. The molecule has 0 spiro atoms. The number of oxazole rings is 1. The number of rotatable bonds is 3. The molecule has 0 aliphatic rings. The van der Waals surface area contributed by atoms with Crippen LogP contribution < -0.4 is 5.32 Å². The van der Waals surface area contributed by atoms with Gasteiger partial charge in [-0.3, -0.25) is 9.89 Å². The molecule has 0 aliphatic carbocycles. The van der Waals surface area contributed by atoms with Crippen LogP contribution in [0.3, 0.4) is 0 Å². The monoisotopic (exact) mass is 293 g/mol. The molecule has 3 aromatic rings. The summed E-state index contributed by atoms with van der Waals surface area (Å²) in [5.74, 6) is 0.512. The lowest BCUT2D eigenvalue weighted by molar-refractivity contribution is 0.102. The second-order valence-electron chi connectivity index (χ2n) is 4.58. The molecule has 0 radical (unpaired) electrons. The standard InChI is InChI=1S/C15H11N5O2/c1-9-12(6-16)14(20-19-9)18-15(21)11-4-2-10(3-5-11)13-7-17-8-22-13/h2-5,7-8H,1H3,(H2,18,19,20,21). The van der Waals surface area contributed by atoms with Crippen molar-refractivity contribution >= 4 is 11.7 Å². The van der Waals surface area contributed by atoms with Gasteiger partial charge in [0.25, 0.3) is 5.91 Å². The first-order chi connectivity index (χ1) is 10.7. The molecule has 0 saturated carbocycles. The van der Waals surface area contributed by atoms with Gasteiger partial charge in [-0.2, -0.15) is 10.4 Å². The molecule has 0 atom stereocenters. The SMILES string of the molecule is Cc1[nH]nc(NC(=O)c2ccc(-c3cnco3)cc2)c1C#N. The Morgan fingerprint density at radius 3 is 2.77 bits per heavy atom. The van der Waals surface area contributed by atoms with Crippen molar-refractivity contribution in [3.05, 3.63) is 53.7 Å². The Balaban J connectivity index is 1.79. The lowest BCUT2D eigenvalue weighted by atomic mass is 10.1. The van der Waals surface area contributed by atoms with Crippen LogP contribution in [-0.4, -0.2) is 21.1 Å². The van der Waals surface area contributed by atoms with Gasteiger partial charge in [-0.1, -0.05) is 12.1 Å². The molecule has 0 fully saturated rings. The Morgan fingerprint density at radius 2 is 2.14 bits per heavy atom. The Hall–Kier alpha value is -3.40. The number of aromatic amines is 1. The van der Waals surface area contributed by atoms with E-state index in [1.54, 1.807) is 37.4 Å². The Morgan fingerprint density at radius 1 is 1.36 bits per heavy atom. The molecular formula is C15H11N5O2.